The van der Waals surface area contributed by atoms with Crippen LogP contribution in [0.2, 0.25) is 19.6 Å². The Bertz CT molecular complexity index is 648. The van der Waals surface area contributed by atoms with Gasteiger partial charge in [-0.1, -0.05) is 68.2 Å². The van der Waals surface area contributed by atoms with Crippen LogP contribution in [0.1, 0.15) is 21.5 Å². The average molecular weight is 310 g/mol. The first-order valence-corrected chi connectivity index (χ1v) is 10.8. The van der Waals surface area contributed by atoms with Gasteiger partial charge in [0.25, 0.3) is 0 Å². The summed E-state index contributed by atoms with van der Waals surface area (Å²) in [6, 6.07) is 17.8. The van der Waals surface area contributed by atoms with Gasteiger partial charge in [-0.05, 0) is 17.2 Å². The molecule has 0 aromatic heterocycles. The third-order valence-electron chi connectivity index (χ3n) is 3.34. The fourth-order valence-electron chi connectivity index (χ4n) is 2.06. The van der Waals surface area contributed by atoms with Gasteiger partial charge in [-0.3, -0.25) is 4.79 Å². The molecule has 0 atom stereocenters. The lowest BCUT2D eigenvalue weighted by Crippen LogP contribution is -2.41. The first-order valence-electron chi connectivity index (χ1n) is 7.40. The van der Waals surface area contributed by atoms with Crippen molar-refractivity contribution < 1.29 is 4.79 Å². The molecule has 22 heavy (non-hydrogen) atoms. The summed E-state index contributed by atoms with van der Waals surface area (Å²) in [5.41, 5.74) is 2.87. The number of benzene rings is 2. The van der Waals surface area contributed by atoms with Crippen molar-refractivity contribution in [1.82, 2.24) is 4.67 Å². The van der Waals surface area contributed by atoms with Crippen molar-refractivity contribution in [2.75, 3.05) is 0 Å². The molecule has 0 saturated carbocycles. The molecule has 2 rings (SSSR count). The minimum absolute atomic E-state index is 0.673. The second kappa shape index (κ2) is 7.18. The van der Waals surface area contributed by atoms with E-state index in [0.29, 0.717) is 5.56 Å². The third kappa shape index (κ3) is 4.67. The van der Waals surface area contributed by atoms with E-state index in [1.807, 2.05) is 30.5 Å². The quantitative estimate of drug-likeness (QED) is 0.347. The van der Waals surface area contributed by atoms with Crippen LogP contribution in [0.3, 0.4) is 0 Å². The van der Waals surface area contributed by atoms with Crippen LogP contribution in [-0.2, 0) is 6.54 Å². The molecule has 0 aliphatic rings. The first-order chi connectivity index (χ1) is 10.5. The van der Waals surface area contributed by atoms with Crippen LogP contribution in [-0.4, -0.2) is 25.4 Å². The van der Waals surface area contributed by atoms with E-state index in [4.69, 9.17) is 5.10 Å². The summed E-state index contributed by atoms with van der Waals surface area (Å²) in [5.74, 6) is 0. The van der Waals surface area contributed by atoms with E-state index in [1.165, 1.54) is 5.56 Å². The average Bonchev–Trinajstić information content (AvgIpc) is 2.51. The summed E-state index contributed by atoms with van der Waals surface area (Å²) in [4.78, 5) is 10.8. The standard InChI is InChI=1S/C18H22N2OSi/c1-22(2,3)20(14-16-8-5-4-6-9-16)19-13-17-10-7-11-18(12-17)15-21/h4-13,15H,14H2,1-3H3/b19-13+. The Morgan fingerprint density at radius 2 is 1.68 bits per heavy atom. The number of aldehydes is 1. The van der Waals surface area contributed by atoms with Crippen LogP contribution in [0.5, 0.6) is 0 Å². The van der Waals surface area contributed by atoms with E-state index in [2.05, 4.69) is 48.6 Å². The van der Waals surface area contributed by atoms with Crippen molar-refractivity contribution in [3.8, 4) is 0 Å². The smallest absolute Gasteiger partial charge is 0.169 e. The summed E-state index contributed by atoms with van der Waals surface area (Å²) in [7, 11) is -1.58. The van der Waals surface area contributed by atoms with Gasteiger partial charge in [0.1, 0.15) is 6.29 Å². The van der Waals surface area contributed by atoms with Crippen molar-refractivity contribution in [3.05, 3.63) is 71.3 Å². The van der Waals surface area contributed by atoms with Gasteiger partial charge in [0.2, 0.25) is 0 Å². The molecule has 0 aliphatic heterocycles. The van der Waals surface area contributed by atoms with Gasteiger partial charge >= 0.3 is 0 Å². The Morgan fingerprint density at radius 1 is 1.00 bits per heavy atom. The van der Waals surface area contributed by atoms with Crippen LogP contribution in [0.25, 0.3) is 0 Å². The van der Waals surface area contributed by atoms with Crippen molar-refractivity contribution in [3.63, 3.8) is 0 Å². The second-order valence-corrected chi connectivity index (χ2v) is 11.1. The Morgan fingerprint density at radius 3 is 2.32 bits per heavy atom. The molecule has 2 aromatic carbocycles. The normalized spacial score (nSPS) is 11.6. The van der Waals surface area contributed by atoms with Crippen LogP contribution in [0, 0.1) is 0 Å². The molecule has 0 radical (unpaired) electrons. The highest BCUT2D eigenvalue weighted by molar-refractivity contribution is 6.73. The molecular weight excluding hydrogens is 288 g/mol. The van der Waals surface area contributed by atoms with Crippen LogP contribution < -0.4 is 0 Å². The lowest BCUT2D eigenvalue weighted by Gasteiger charge is -2.31. The summed E-state index contributed by atoms with van der Waals surface area (Å²) in [6.07, 6.45) is 2.70. The Hall–Kier alpha value is -2.20. The molecular formula is C18H22N2OSi. The molecule has 0 unspecified atom stereocenters. The predicted octanol–water partition coefficient (Wildman–Crippen LogP) is 4.17. The molecule has 0 fully saturated rings. The van der Waals surface area contributed by atoms with E-state index in [1.54, 1.807) is 6.07 Å². The lowest BCUT2D eigenvalue weighted by molar-refractivity contribution is 0.112. The highest BCUT2D eigenvalue weighted by Crippen LogP contribution is 2.15. The van der Waals surface area contributed by atoms with E-state index >= 15 is 0 Å². The maximum atomic E-state index is 10.8. The fraction of sp³-hybridized carbons (Fsp3) is 0.222. The van der Waals surface area contributed by atoms with Gasteiger partial charge in [-0.2, -0.15) is 5.10 Å². The zero-order chi connectivity index (χ0) is 16.0. The predicted molar refractivity (Wildman–Crippen MR) is 94.8 cm³/mol. The van der Waals surface area contributed by atoms with Crippen LogP contribution in [0.4, 0.5) is 0 Å². The third-order valence-corrected chi connectivity index (χ3v) is 5.16. The largest absolute Gasteiger partial charge is 0.320 e. The van der Waals surface area contributed by atoms with Crippen LogP contribution >= 0.6 is 0 Å². The molecule has 2 aromatic rings. The van der Waals surface area contributed by atoms with E-state index in [9.17, 15) is 4.79 Å². The molecule has 4 heteroatoms. The summed E-state index contributed by atoms with van der Waals surface area (Å²) in [6.45, 7) is 7.62. The number of rotatable bonds is 6. The highest BCUT2D eigenvalue weighted by Gasteiger charge is 2.22. The summed E-state index contributed by atoms with van der Waals surface area (Å²) >= 11 is 0. The van der Waals surface area contributed by atoms with Gasteiger partial charge < -0.3 is 4.67 Å². The summed E-state index contributed by atoms with van der Waals surface area (Å²) in [5, 5.41) is 4.69. The zero-order valence-corrected chi connectivity index (χ0v) is 14.4. The number of nitrogens with zero attached hydrogens (tertiary/aromatic N) is 2. The molecule has 0 heterocycles. The van der Waals surface area contributed by atoms with Gasteiger partial charge in [-0.25, -0.2) is 0 Å². The number of hydrogen-bond acceptors (Lipinski definition) is 3. The van der Waals surface area contributed by atoms with E-state index < -0.39 is 8.24 Å². The van der Waals surface area contributed by atoms with Crippen molar-refractivity contribution in [1.29, 1.82) is 0 Å². The number of carbonyl (C=O) groups is 1. The highest BCUT2D eigenvalue weighted by atomic mass is 28.3. The molecule has 0 saturated heterocycles. The molecule has 0 amide bonds. The molecule has 0 spiro atoms. The fourth-order valence-corrected chi connectivity index (χ4v) is 3.12. The number of hydrazone groups is 1. The lowest BCUT2D eigenvalue weighted by atomic mass is 10.1. The number of hydrogen-bond donors (Lipinski definition) is 0. The van der Waals surface area contributed by atoms with Gasteiger partial charge in [0, 0.05) is 5.56 Å². The maximum Gasteiger partial charge on any atom is 0.169 e. The van der Waals surface area contributed by atoms with Gasteiger partial charge in [0.15, 0.2) is 8.24 Å². The SMILES string of the molecule is C[Si](C)(C)N(Cc1ccccc1)/N=C/c1cccc(C=O)c1. The Kier molecular flexibility index (Phi) is 5.28. The zero-order valence-electron chi connectivity index (χ0n) is 13.4. The molecule has 0 N–H and O–H groups in total. The topological polar surface area (TPSA) is 32.7 Å². The Balaban J connectivity index is 2.19. The monoisotopic (exact) mass is 310 g/mol. The van der Waals surface area contributed by atoms with Crippen molar-refractivity contribution in [2.45, 2.75) is 26.2 Å². The van der Waals surface area contributed by atoms with Crippen molar-refractivity contribution >= 4 is 20.7 Å². The minimum atomic E-state index is -1.58. The first kappa shape index (κ1) is 16.2. The van der Waals surface area contributed by atoms with E-state index in [-0.39, 0.29) is 0 Å². The maximum absolute atomic E-state index is 10.8. The minimum Gasteiger partial charge on any atom is -0.320 e. The number of carbonyl (C=O) groups excluding carboxylic acids is 1. The molecule has 0 bridgehead atoms. The van der Waals surface area contributed by atoms with Crippen LogP contribution in [0.15, 0.2) is 59.7 Å². The molecule has 0 aliphatic carbocycles. The van der Waals surface area contributed by atoms with Crippen molar-refractivity contribution in [2.24, 2.45) is 5.10 Å². The second-order valence-electron chi connectivity index (χ2n) is 6.25. The molecule has 114 valence electrons. The van der Waals surface area contributed by atoms with Gasteiger partial charge in [0.05, 0.1) is 12.8 Å². The van der Waals surface area contributed by atoms with E-state index in [0.717, 1.165) is 18.4 Å². The Labute approximate surface area is 133 Å². The molecule has 3 nitrogen and oxygen atoms in total. The van der Waals surface area contributed by atoms with Gasteiger partial charge in [-0.15, -0.1) is 0 Å². The summed E-state index contributed by atoms with van der Waals surface area (Å²) < 4.78 is 2.19.